The monoisotopic (exact) mass is 209 g/mol. The molecule has 0 amide bonds. The van der Waals surface area contributed by atoms with E-state index in [1.807, 2.05) is 13.0 Å². The zero-order valence-corrected chi connectivity index (χ0v) is 8.93. The number of aliphatic carboxylic acids is 1. The van der Waals surface area contributed by atoms with Crippen LogP contribution in [0.25, 0.3) is 0 Å². The first kappa shape index (κ1) is 11.5. The summed E-state index contributed by atoms with van der Waals surface area (Å²) in [4.78, 5) is 14.5. The van der Waals surface area contributed by atoms with Gasteiger partial charge >= 0.3 is 5.97 Å². The summed E-state index contributed by atoms with van der Waals surface area (Å²) >= 11 is 0. The maximum absolute atomic E-state index is 10.5. The van der Waals surface area contributed by atoms with Crippen LogP contribution in [-0.2, 0) is 11.2 Å². The van der Waals surface area contributed by atoms with Crippen molar-refractivity contribution in [1.82, 2.24) is 4.98 Å². The van der Waals surface area contributed by atoms with Gasteiger partial charge in [-0.2, -0.15) is 0 Å². The van der Waals surface area contributed by atoms with Crippen LogP contribution in [0.2, 0.25) is 0 Å². The average molecular weight is 209 g/mol. The van der Waals surface area contributed by atoms with Crippen LogP contribution in [0.3, 0.4) is 0 Å². The molecule has 15 heavy (non-hydrogen) atoms. The van der Waals surface area contributed by atoms with Gasteiger partial charge in [-0.05, 0) is 17.9 Å². The van der Waals surface area contributed by atoms with Gasteiger partial charge in [-0.15, -0.1) is 0 Å². The number of aromatic nitrogens is 1. The van der Waals surface area contributed by atoms with E-state index in [1.54, 1.807) is 19.4 Å². The van der Waals surface area contributed by atoms with Crippen molar-refractivity contribution in [3.05, 3.63) is 23.9 Å². The summed E-state index contributed by atoms with van der Waals surface area (Å²) in [6.45, 7) is 1.92. The quantitative estimate of drug-likeness (QED) is 0.802. The van der Waals surface area contributed by atoms with Gasteiger partial charge < -0.3 is 9.84 Å². The Morgan fingerprint density at radius 2 is 2.33 bits per heavy atom. The molecule has 0 saturated heterocycles. The number of hydrogen-bond donors (Lipinski definition) is 1. The van der Waals surface area contributed by atoms with E-state index in [4.69, 9.17) is 9.84 Å². The van der Waals surface area contributed by atoms with Crippen molar-refractivity contribution in [2.75, 3.05) is 7.11 Å². The van der Waals surface area contributed by atoms with Gasteiger partial charge in [0.05, 0.1) is 7.11 Å². The summed E-state index contributed by atoms with van der Waals surface area (Å²) in [6.07, 6.45) is 2.63. The highest BCUT2D eigenvalue weighted by Crippen LogP contribution is 2.13. The number of pyridine rings is 1. The smallest absolute Gasteiger partial charge is 0.303 e. The third-order valence-electron chi connectivity index (χ3n) is 2.11. The largest absolute Gasteiger partial charge is 0.481 e. The molecule has 0 aliphatic rings. The topological polar surface area (TPSA) is 59.4 Å². The van der Waals surface area contributed by atoms with Crippen LogP contribution in [0.4, 0.5) is 0 Å². The van der Waals surface area contributed by atoms with Crippen molar-refractivity contribution in [2.24, 2.45) is 5.92 Å². The van der Waals surface area contributed by atoms with Crippen molar-refractivity contribution in [3.63, 3.8) is 0 Å². The van der Waals surface area contributed by atoms with Crippen LogP contribution >= 0.6 is 0 Å². The van der Waals surface area contributed by atoms with Crippen LogP contribution in [0.1, 0.15) is 18.9 Å². The maximum atomic E-state index is 10.5. The lowest BCUT2D eigenvalue weighted by Crippen LogP contribution is -2.07. The first-order valence-corrected chi connectivity index (χ1v) is 4.82. The summed E-state index contributed by atoms with van der Waals surface area (Å²) in [5.41, 5.74) is 1.03. The second-order valence-electron chi connectivity index (χ2n) is 3.62. The third-order valence-corrected chi connectivity index (χ3v) is 2.11. The van der Waals surface area contributed by atoms with E-state index in [0.717, 1.165) is 12.0 Å². The fourth-order valence-electron chi connectivity index (χ4n) is 1.43. The fourth-order valence-corrected chi connectivity index (χ4v) is 1.43. The minimum Gasteiger partial charge on any atom is -0.481 e. The molecule has 0 aliphatic heterocycles. The summed E-state index contributed by atoms with van der Waals surface area (Å²) in [5, 5.41) is 8.61. The van der Waals surface area contributed by atoms with Gasteiger partial charge in [0.2, 0.25) is 5.88 Å². The number of methoxy groups -OCH3 is 1. The molecule has 0 saturated carbocycles. The van der Waals surface area contributed by atoms with Crippen molar-refractivity contribution < 1.29 is 14.6 Å². The van der Waals surface area contributed by atoms with Crippen molar-refractivity contribution in [2.45, 2.75) is 19.8 Å². The number of carboxylic acids is 1. The minimum absolute atomic E-state index is 0.123. The molecule has 0 bridgehead atoms. The van der Waals surface area contributed by atoms with Gasteiger partial charge in [0, 0.05) is 18.7 Å². The van der Waals surface area contributed by atoms with Crippen molar-refractivity contribution in [3.8, 4) is 5.88 Å². The maximum Gasteiger partial charge on any atom is 0.303 e. The summed E-state index contributed by atoms with van der Waals surface area (Å²) in [5.74, 6) is -0.0636. The Bertz CT molecular complexity index is 321. The Hall–Kier alpha value is -1.58. The summed E-state index contributed by atoms with van der Waals surface area (Å²) in [7, 11) is 1.56. The standard InChI is InChI=1S/C11H15NO3/c1-8(6-11(13)14)5-9-3-4-10(15-2)12-7-9/h3-4,7-8H,5-6H2,1-2H3,(H,13,14). The summed E-state index contributed by atoms with van der Waals surface area (Å²) in [6, 6.07) is 3.69. The molecule has 1 aromatic heterocycles. The molecule has 1 rings (SSSR count). The normalized spacial score (nSPS) is 12.1. The molecular formula is C11H15NO3. The number of carbonyl (C=O) groups is 1. The SMILES string of the molecule is COc1ccc(CC(C)CC(=O)O)cn1. The molecule has 0 radical (unpaired) electrons. The highest BCUT2D eigenvalue weighted by atomic mass is 16.5. The highest BCUT2D eigenvalue weighted by molar-refractivity contribution is 5.67. The molecule has 1 N–H and O–H groups in total. The van der Waals surface area contributed by atoms with E-state index in [9.17, 15) is 4.79 Å². The highest BCUT2D eigenvalue weighted by Gasteiger charge is 2.08. The van der Waals surface area contributed by atoms with Gasteiger partial charge in [0.15, 0.2) is 0 Å². The predicted octanol–water partition coefficient (Wildman–Crippen LogP) is 1.74. The van der Waals surface area contributed by atoms with Crippen LogP contribution in [0, 0.1) is 5.92 Å². The van der Waals surface area contributed by atoms with Gasteiger partial charge in [-0.1, -0.05) is 13.0 Å². The summed E-state index contributed by atoms with van der Waals surface area (Å²) < 4.78 is 4.93. The van der Waals surface area contributed by atoms with Crippen LogP contribution in [0.5, 0.6) is 5.88 Å². The van der Waals surface area contributed by atoms with E-state index in [1.165, 1.54) is 0 Å². The molecule has 0 fully saturated rings. The van der Waals surface area contributed by atoms with E-state index in [0.29, 0.717) is 5.88 Å². The first-order chi connectivity index (χ1) is 7.11. The Kier molecular flexibility index (Phi) is 4.09. The van der Waals surface area contributed by atoms with Crippen LogP contribution in [-0.4, -0.2) is 23.2 Å². The van der Waals surface area contributed by atoms with Crippen LogP contribution in [0.15, 0.2) is 18.3 Å². The lowest BCUT2D eigenvalue weighted by molar-refractivity contribution is -0.137. The van der Waals surface area contributed by atoms with Gasteiger partial charge in [-0.25, -0.2) is 4.98 Å². The molecule has 0 spiro atoms. The molecule has 1 unspecified atom stereocenters. The Morgan fingerprint density at radius 1 is 1.60 bits per heavy atom. The van der Waals surface area contributed by atoms with E-state index in [2.05, 4.69) is 4.98 Å². The van der Waals surface area contributed by atoms with Crippen molar-refractivity contribution >= 4 is 5.97 Å². The average Bonchev–Trinajstić information content (AvgIpc) is 2.17. The third kappa shape index (κ3) is 3.97. The number of rotatable bonds is 5. The lowest BCUT2D eigenvalue weighted by atomic mass is 9.99. The van der Waals surface area contributed by atoms with Gasteiger partial charge in [0.25, 0.3) is 0 Å². The van der Waals surface area contributed by atoms with Crippen molar-refractivity contribution in [1.29, 1.82) is 0 Å². The second kappa shape index (κ2) is 5.34. The molecule has 1 aromatic rings. The zero-order chi connectivity index (χ0) is 11.3. The van der Waals surface area contributed by atoms with E-state index in [-0.39, 0.29) is 12.3 Å². The van der Waals surface area contributed by atoms with E-state index < -0.39 is 5.97 Å². The number of nitrogens with zero attached hydrogens (tertiary/aromatic N) is 1. The molecule has 1 atom stereocenters. The Balaban J connectivity index is 2.53. The number of carboxylic acid groups (broad SMARTS) is 1. The molecule has 0 aromatic carbocycles. The molecule has 4 nitrogen and oxygen atoms in total. The molecular weight excluding hydrogens is 194 g/mol. The molecule has 82 valence electrons. The first-order valence-electron chi connectivity index (χ1n) is 4.82. The lowest BCUT2D eigenvalue weighted by Gasteiger charge is -2.08. The van der Waals surface area contributed by atoms with Crippen LogP contribution < -0.4 is 4.74 Å². The molecule has 1 heterocycles. The molecule has 4 heteroatoms. The predicted molar refractivity (Wildman–Crippen MR) is 55.9 cm³/mol. The molecule has 0 aliphatic carbocycles. The number of ether oxygens (including phenoxy) is 1. The van der Waals surface area contributed by atoms with Gasteiger partial charge in [0.1, 0.15) is 0 Å². The van der Waals surface area contributed by atoms with E-state index >= 15 is 0 Å². The fraction of sp³-hybridized carbons (Fsp3) is 0.455. The zero-order valence-electron chi connectivity index (χ0n) is 8.93. The second-order valence-corrected chi connectivity index (χ2v) is 3.62. The Morgan fingerprint density at radius 3 is 2.80 bits per heavy atom. The Labute approximate surface area is 88.9 Å². The number of hydrogen-bond acceptors (Lipinski definition) is 3. The van der Waals surface area contributed by atoms with Gasteiger partial charge in [-0.3, -0.25) is 4.79 Å². The minimum atomic E-state index is -0.760.